The SMILES string of the molecule is Cc1cccc(-c2ccccc2)c1N(c1cccc(C(C)C)c1)c1ccc2c3cc4c(cc3n3c5ccccc5c1c23)c1ccc(N(c2cccc(C(C)C)c2)c2c(C)cccc2-c2ccccc2)c2c3ccccc3n4c12. The van der Waals surface area contributed by atoms with Crippen molar-refractivity contribution in [1.29, 1.82) is 0 Å². The molecule has 0 fully saturated rings. The first-order valence-electron chi connectivity index (χ1n) is 27.7. The molecule has 4 aromatic heterocycles. The predicted molar refractivity (Wildman–Crippen MR) is 334 cm³/mol. The zero-order valence-electron chi connectivity index (χ0n) is 44.9. The lowest BCUT2D eigenvalue weighted by molar-refractivity contribution is 0.866. The van der Waals surface area contributed by atoms with E-state index in [1.165, 1.54) is 143 Å². The minimum absolute atomic E-state index is 0.372. The van der Waals surface area contributed by atoms with E-state index in [-0.39, 0.29) is 0 Å². The van der Waals surface area contributed by atoms with Crippen LogP contribution in [0.4, 0.5) is 34.1 Å². The van der Waals surface area contributed by atoms with E-state index in [9.17, 15) is 0 Å². The number of fused-ring (bicyclic) bond motifs is 12. The molecule has 0 radical (unpaired) electrons. The highest BCUT2D eigenvalue weighted by molar-refractivity contribution is 6.32. The summed E-state index contributed by atoms with van der Waals surface area (Å²) in [6.45, 7) is 13.7. The summed E-state index contributed by atoms with van der Waals surface area (Å²) in [5.74, 6) is 0.744. The van der Waals surface area contributed by atoms with Gasteiger partial charge in [-0.05, 0) is 120 Å². The summed E-state index contributed by atoms with van der Waals surface area (Å²) >= 11 is 0. The monoisotopic (exact) mass is 1000 g/mol. The average Bonchev–Trinajstić information content (AvgIpc) is 2.78. The first kappa shape index (κ1) is 46.0. The molecular formula is C74H58N4. The van der Waals surface area contributed by atoms with Gasteiger partial charge in [0.1, 0.15) is 0 Å². The summed E-state index contributed by atoms with van der Waals surface area (Å²) in [4.78, 5) is 5.11. The van der Waals surface area contributed by atoms with Crippen LogP contribution in [0.2, 0.25) is 0 Å². The maximum atomic E-state index is 2.57. The second-order valence-corrected chi connectivity index (χ2v) is 22.1. The van der Waals surface area contributed by atoms with Crippen LogP contribution in [0.25, 0.3) is 98.4 Å². The van der Waals surface area contributed by atoms with Crippen molar-refractivity contribution >= 4 is 110 Å². The van der Waals surface area contributed by atoms with Crippen molar-refractivity contribution in [3.05, 3.63) is 253 Å². The summed E-state index contributed by atoms with van der Waals surface area (Å²) < 4.78 is 5.14. The van der Waals surface area contributed by atoms with Crippen LogP contribution in [0, 0.1) is 13.8 Å². The molecular weight excluding hydrogens is 945 g/mol. The summed E-state index contributed by atoms with van der Waals surface area (Å²) in [5, 5.41) is 9.99. The second-order valence-electron chi connectivity index (χ2n) is 22.1. The van der Waals surface area contributed by atoms with E-state index in [1.54, 1.807) is 0 Å². The summed E-state index contributed by atoms with van der Waals surface area (Å²) in [6, 6.07) is 86.4. The van der Waals surface area contributed by atoms with Gasteiger partial charge in [-0.2, -0.15) is 0 Å². The normalized spacial score (nSPS) is 12.2. The molecule has 0 amide bonds. The third kappa shape index (κ3) is 6.72. The van der Waals surface area contributed by atoms with Gasteiger partial charge in [0.05, 0.1) is 55.8 Å². The van der Waals surface area contributed by atoms with Crippen LogP contribution in [0.5, 0.6) is 0 Å². The molecule has 0 aliphatic heterocycles. The number of anilines is 6. The van der Waals surface area contributed by atoms with Gasteiger partial charge >= 0.3 is 0 Å². The number of benzene rings is 11. The molecule has 11 aromatic carbocycles. The van der Waals surface area contributed by atoms with Crippen molar-refractivity contribution in [2.75, 3.05) is 9.80 Å². The fourth-order valence-corrected chi connectivity index (χ4v) is 13.3. The van der Waals surface area contributed by atoms with Crippen molar-refractivity contribution in [3.63, 3.8) is 0 Å². The van der Waals surface area contributed by atoms with Crippen LogP contribution < -0.4 is 9.80 Å². The molecule has 4 heteroatoms. The Bertz CT molecular complexity index is 4520. The highest BCUT2D eigenvalue weighted by atomic mass is 15.2. The summed E-state index contributed by atoms with van der Waals surface area (Å²) in [7, 11) is 0. The highest BCUT2D eigenvalue weighted by Crippen LogP contribution is 2.54. The first-order valence-corrected chi connectivity index (χ1v) is 27.7. The maximum Gasteiger partial charge on any atom is 0.0641 e. The third-order valence-corrected chi connectivity index (χ3v) is 16.9. The number of nitrogens with zero attached hydrogens (tertiary/aromatic N) is 4. The smallest absolute Gasteiger partial charge is 0.0641 e. The van der Waals surface area contributed by atoms with E-state index in [2.05, 4.69) is 291 Å². The van der Waals surface area contributed by atoms with Gasteiger partial charge in [0, 0.05) is 65.6 Å². The Morgan fingerprint density at radius 1 is 0.321 bits per heavy atom. The molecule has 15 rings (SSSR count). The Morgan fingerprint density at radius 2 is 0.718 bits per heavy atom. The van der Waals surface area contributed by atoms with Crippen LogP contribution >= 0.6 is 0 Å². The minimum Gasteiger partial charge on any atom is -0.309 e. The van der Waals surface area contributed by atoms with Crippen molar-refractivity contribution < 1.29 is 0 Å². The van der Waals surface area contributed by atoms with Crippen LogP contribution in [0.1, 0.15) is 61.8 Å². The Hall–Kier alpha value is -9.38. The molecule has 4 nitrogen and oxygen atoms in total. The Morgan fingerprint density at radius 3 is 1.14 bits per heavy atom. The Kier molecular flexibility index (Phi) is 10.4. The van der Waals surface area contributed by atoms with E-state index in [0.717, 1.165) is 11.4 Å². The lowest BCUT2D eigenvalue weighted by atomic mass is 9.96. The first-order chi connectivity index (χ1) is 38.2. The van der Waals surface area contributed by atoms with Crippen molar-refractivity contribution in [2.24, 2.45) is 0 Å². The fourth-order valence-electron chi connectivity index (χ4n) is 13.3. The zero-order chi connectivity index (χ0) is 52.5. The van der Waals surface area contributed by atoms with Gasteiger partial charge in [0.15, 0.2) is 0 Å². The minimum atomic E-state index is 0.372. The highest BCUT2D eigenvalue weighted by Gasteiger charge is 2.30. The molecule has 0 saturated heterocycles. The van der Waals surface area contributed by atoms with Crippen LogP contribution in [-0.2, 0) is 0 Å². The number of hydrogen-bond donors (Lipinski definition) is 0. The third-order valence-electron chi connectivity index (χ3n) is 16.9. The summed E-state index contributed by atoms with van der Waals surface area (Å²) in [5.41, 5.74) is 24.2. The molecule has 0 aliphatic carbocycles. The van der Waals surface area contributed by atoms with E-state index in [4.69, 9.17) is 0 Å². The van der Waals surface area contributed by atoms with Gasteiger partial charge in [0.2, 0.25) is 0 Å². The van der Waals surface area contributed by atoms with Gasteiger partial charge in [-0.25, -0.2) is 0 Å². The molecule has 0 aliphatic rings. The molecule has 374 valence electrons. The lowest BCUT2D eigenvalue weighted by Gasteiger charge is -2.31. The standard InChI is InChI=1S/C74H58N4/c1-45(2)51-27-19-29-53(41-51)75(71-47(5)21-17-33-55(71)49-23-9-7-10-24-49)65-39-37-57-61-43-68-62(44-67(61)77-63-35-15-13-31-59(63)69(65)73(57)77)58-38-40-66(70-60-32-14-16-36-64(60)78(68)74(58)70)76(54-30-20-28-52(42-54)46(3)4)72-48(6)22-18-34-56(72)50-25-11-8-12-26-50/h7-46H,1-6H3. The fraction of sp³-hybridized carbons (Fsp3) is 0.108. The predicted octanol–water partition coefficient (Wildman–Crippen LogP) is 21.1. The molecule has 0 bridgehead atoms. The topological polar surface area (TPSA) is 15.3 Å². The number of rotatable bonds is 10. The molecule has 0 N–H and O–H groups in total. The van der Waals surface area contributed by atoms with E-state index in [1.807, 2.05) is 0 Å². The van der Waals surface area contributed by atoms with Crippen LogP contribution in [0.15, 0.2) is 231 Å². The molecule has 4 heterocycles. The molecule has 0 unspecified atom stereocenters. The largest absolute Gasteiger partial charge is 0.309 e. The molecule has 0 spiro atoms. The molecule has 0 atom stereocenters. The van der Waals surface area contributed by atoms with Crippen molar-refractivity contribution in [2.45, 2.75) is 53.4 Å². The molecule has 15 aromatic rings. The van der Waals surface area contributed by atoms with Gasteiger partial charge < -0.3 is 18.6 Å². The van der Waals surface area contributed by atoms with E-state index < -0.39 is 0 Å². The van der Waals surface area contributed by atoms with Crippen LogP contribution in [0.3, 0.4) is 0 Å². The van der Waals surface area contributed by atoms with Crippen molar-refractivity contribution in [3.8, 4) is 22.3 Å². The molecule has 0 saturated carbocycles. The number of hydrogen-bond acceptors (Lipinski definition) is 2. The quantitative estimate of drug-likeness (QED) is 0.136. The van der Waals surface area contributed by atoms with Gasteiger partial charge in [0.25, 0.3) is 0 Å². The molecule has 78 heavy (non-hydrogen) atoms. The van der Waals surface area contributed by atoms with E-state index in [0.29, 0.717) is 11.8 Å². The second kappa shape index (κ2) is 17.6. The van der Waals surface area contributed by atoms with Crippen molar-refractivity contribution in [1.82, 2.24) is 8.80 Å². The maximum absolute atomic E-state index is 2.57. The van der Waals surface area contributed by atoms with Gasteiger partial charge in [-0.3, -0.25) is 0 Å². The average molecular weight is 1000 g/mol. The number of aromatic nitrogens is 2. The van der Waals surface area contributed by atoms with Gasteiger partial charge in [-0.1, -0.05) is 198 Å². The number of aryl methyl sites for hydroxylation is 2. The lowest BCUT2D eigenvalue weighted by Crippen LogP contribution is -2.13. The van der Waals surface area contributed by atoms with Crippen LogP contribution in [-0.4, -0.2) is 8.80 Å². The summed E-state index contributed by atoms with van der Waals surface area (Å²) in [6.07, 6.45) is 0. The Balaban J connectivity index is 1.02. The van der Waals surface area contributed by atoms with Gasteiger partial charge in [-0.15, -0.1) is 0 Å². The zero-order valence-corrected chi connectivity index (χ0v) is 44.9. The van der Waals surface area contributed by atoms with E-state index >= 15 is 0 Å². The Labute approximate surface area is 454 Å². The number of para-hydroxylation sites is 4.